The fourth-order valence-corrected chi connectivity index (χ4v) is 1.96. The first kappa shape index (κ1) is 10.8. The molecule has 0 unspecified atom stereocenters. The number of aliphatic hydroxyl groups is 1. The maximum Gasteiger partial charge on any atom is 0.162 e. The summed E-state index contributed by atoms with van der Waals surface area (Å²) in [6.45, 7) is 4.30. The van der Waals surface area contributed by atoms with Gasteiger partial charge in [0, 0.05) is 5.92 Å². The molecule has 0 bridgehead atoms. The highest BCUT2D eigenvalue weighted by Crippen LogP contribution is 2.30. The molecule has 1 heterocycles. The zero-order valence-electron chi connectivity index (χ0n) is 8.97. The Balaban J connectivity index is 2.19. The third-order valence-electron chi connectivity index (χ3n) is 3.01. The van der Waals surface area contributed by atoms with Crippen LogP contribution in [-0.2, 0) is 14.3 Å². The molecule has 1 aliphatic carbocycles. The molecule has 4 heteroatoms. The summed E-state index contributed by atoms with van der Waals surface area (Å²) >= 11 is 0. The third-order valence-corrected chi connectivity index (χ3v) is 3.01. The van der Waals surface area contributed by atoms with Crippen LogP contribution in [0.25, 0.3) is 0 Å². The van der Waals surface area contributed by atoms with Crippen molar-refractivity contribution in [2.24, 2.45) is 11.8 Å². The second-order valence-electron chi connectivity index (χ2n) is 4.54. The molecule has 4 nitrogen and oxygen atoms in total. The highest BCUT2D eigenvalue weighted by molar-refractivity contribution is 5.93. The predicted molar refractivity (Wildman–Crippen MR) is 53.1 cm³/mol. The van der Waals surface area contributed by atoms with Gasteiger partial charge >= 0.3 is 0 Å². The zero-order valence-corrected chi connectivity index (χ0v) is 8.97. The molecule has 0 spiro atoms. The van der Waals surface area contributed by atoms with Gasteiger partial charge in [-0.1, -0.05) is 6.08 Å². The van der Waals surface area contributed by atoms with Crippen LogP contribution in [0.5, 0.6) is 0 Å². The van der Waals surface area contributed by atoms with Crippen LogP contribution in [0, 0.1) is 11.8 Å². The van der Waals surface area contributed by atoms with Gasteiger partial charge in [-0.2, -0.15) is 0 Å². The Bertz CT molecular complexity index is 295. The van der Waals surface area contributed by atoms with Gasteiger partial charge in [0.15, 0.2) is 11.6 Å². The Kier molecular flexibility index (Phi) is 2.66. The number of rotatable bonds is 0. The lowest BCUT2D eigenvalue weighted by Gasteiger charge is -2.27. The fourth-order valence-electron chi connectivity index (χ4n) is 1.96. The molecule has 2 rings (SSSR count). The Hall–Kier alpha value is -0.710. The monoisotopic (exact) mass is 212 g/mol. The summed E-state index contributed by atoms with van der Waals surface area (Å²) < 4.78 is 11.0. The largest absolute Gasteiger partial charge is 0.389 e. The molecule has 84 valence electrons. The van der Waals surface area contributed by atoms with E-state index in [4.69, 9.17) is 9.47 Å². The van der Waals surface area contributed by atoms with Crippen LogP contribution in [0.15, 0.2) is 12.2 Å². The van der Waals surface area contributed by atoms with E-state index < -0.39 is 11.9 Å². The van der Waals surface area contributed by atoms with Gasteiger partial charge in [0.2, 0.25) is 0 Å². The lowest BCUT2D eigenvalue weighted by molar-refractivity contribution is -0.203. The van der Waals surface area contributed by atoms with E-state index in [1.54, 1.807) is 0 Å². The number of ether oxygens (including phenoxy) is 2. The fraction of sp³-hybridized carbons (Fsp3) is 0.727. The topological polar surface area (TPSA) is 55.8 Å². The van der Waals surface area contributed by atoms with Crippen LogP contribution < -0.4 is 0 Å². The standard InChI is InChI=1S/C11H16O4/c1-11(2)14-5-7-8(6-15-11)10(13)4-3-9(7)12/h3-4,7-9,12H,5-6H2,1-2H3/t7-,8+,9-/m1/s1. The van der Waals surface area contributed by atoms with Crippen molar-refractivity contribution in [3.8, 4) is 0 Å². The molecule has 2 aliphatic rings. The first-order valence-electron chi connectivity index (χ1n) is 5.18. The van der Waals surface area contributed by atoms with Gasteiger partial charge in [-0.15, -0.1) is 0 Å². The smallest absolute Gasteiger partial charge is 0.162 e. The third kappa shape index (κ3) is 2.12. The van der Waals surface area contributed by atoms with E-state index in [2.05, 4.69) is 0 Å². The summed E-state index contributed by atoms with van der Waals surface area (Å²) in [5.74, 6) is -1.10. The van der Waals surface area contributed by atoms with Crippen molar-refractivity contribution >= 4 is 5.78 Å². The van der Waals surface area contributed by atoms with Crippen LogP contribution in [0.3, 0.4) is 0 Å². The Morgan fingerprint density at radius 1 is 1.40 bits per heavy atom. The summed E-state index contributed by atoms with van der Waals surface area (Å²) in [6, 6.07) is 0. The van der Waals surface area contributed by atoms with Crippen molar-refractivity contribution in [1.82, 2.24) is 0 Å². The predicted octanol–water partition coefficient (Wildman–Crippen LogP) is 0.501. The molecule has 1 aliphatic heterocycles. The molecule has 1 N–H and O–H groups in total. The molecule has 1 saturated heterocycles. The second-order valence-corrected chi connectivity index (χ2v) is 4.54. The highest BCUT2D eigenvalue weighted by Gasteiger charge is 2.40. The van der Waals surface area contributed by atoms with E-state index in [0.29, 0.717) is 13.2 Å². The van der Waals surface area contributed by atoms with Gasteiger partial charge in [0.25, 0.3) is 0 Å². The minimum Gasteiger partial charge on any atom is -0.389 e. The molecule has 0 aromatic rings. The summed E-state index contributed by atoms with van der Waals surface area (Å²) in [6.07, 6.45) is 2.36. The molecule has 15 heavy (non-hydrogen) atoms. The van der Waals surface area contributed by atoms with E-state index in [-0.39, 0.29) is 17.6 Å². The number of hydrogen-bond acceptors (Lipinski definition) is 4. The Morgan fingerprint density at radius 3 is 2.80 bits per heavy atom. The molecule has 0 amide bonds. The number of carbonyl (C=O) groups is 1. The molecule has 0 radical (unpaired) electrons. The van der Waals surface area contributed by atoms with Crippen molar-refractivity contribution < 1.29 is 19.4 Å². The highest BCUT2D eigenvalue weighted by atomic mass is 16.7. The summed E-state index contributed by atoms with van der Waals surface area (Å²) in [7, 11) is 0. The normalized spacial score (nSPS) is 39.7. The number of allylic oxidation sites excluding steroid dienone is 1. The first-order chi connectivity index (χ1) is 6.99. The van der Waals surface area contributed by atoms with Crippen molar-refractivity contribution in [3.63, 3.8) is 0 Å². The van der Waals surface area contributed by atoms with E-state index in [9.17, 15) is 9.90 Å². The molecular formula is C11H16O4. The Labute approximate surface area is 88.9 Å². The van der Waals surface area contributed by atoms with E-state index in [1.807, 2.05) is 13.8 Å². The van der Waals surface area contributed by atoms with Crippen molar-refractivity contribution in [2.45, 2.75) is 25.7 Å². The maximum absolute atomic E-state index is 11.6. The van der Waals surface area contributed by atoms with Gasteiger partial charge in [-0.3, -0.25) is 4.79 Å². The lowest BCUT2D eigenvalue weighted by Crippen LogP contribution is -2.38. The SMILES string of the molecule is CC1(C)OC[C@H]2[C@H](O)C=CC(=O)[C@H]2CO1. The maximum atomic E-state index is 11.6. The van der Waals surface area contributed by atoms with E-state index in [1.165, 1.54) is 12.2 Å². The Morgan fingerprint density at radius 2 is 2.07 bits per heavy atom. The minimum absolute atomic E-state index is 0.0200. The van der Waals surface area contributed by atoms with Gasteiger partial charge in [-0.05, 0) is 19.9 Å². The summed E-state index contributed by atoms with van der Waals surface area (Å²) in [4.78, 5) is 11.6. The van der Waals surface area contributed by atoms with Gasteiger partial charge < -0.3 is 14.6 Å². The van der Waals surface area contributed by atoms with Crippen LogP contribution in [0.4, 0.5) is 0 Å². The van der Waals surface area contributed by atoms with Crippen LogP contribution >= 0.6 is 0 Å². The molecule has 0 aromatic heterocycles. The molecule has 0 aromatic carbocycles. The molecule has 3 atom stereocenters. The molecule has 0 saturated carbocycles. The van der Waals surface area contributed by atoms with Gasteiger partial charge in [0.1, 0.15) is 0 Å². The average molecular weight is 212 g/mol. The summed E-state index contributed by atoms with van der Waals surface area (Å²) in [5.41, 5.74) is 0. The molecular weight excluding hydrogens is 196 g/mol. The van der Waals surface area contributed by atoms with Crippen LogP contribution in [-0.4, -0.2) is 36.0 Å². The van der Waals surface area contributed by atoms with Crippen molar-refractivity contribution in [2.75, 3.05) is 13.2 Å². The second kappa shape index (κ2) is 3.70. The van der Waals surface area contributed by atoms with E-state index >= 15 is 0 Å². The number of fused-ring (bicyclic) bond motifs is 1. The minimum atomic E-state index is -0.669. The number of carbonyl (C=O) groups excluding carboxylic acids is 1. The quantitative estimate of drug-likeness (QED) is 0.635. The van der Waals surface area contributed by atoms with Crippen molar-refractivity contribution in [3.05, 3.63) is 12.2 Å². The summed E-state index contributed by atoms with van der Waals surface area (Å²) in [5, 5.41) is 9.74. The lowest BCUT2D eigenvalue weighted by atomic mass is 9.81. The van der Waals surface area contributed by atoms with Crippen LogP contribution in [0.1, 0.15) is 13.8 Å². The van der Waals surface area contributed by atoms with Gasteiger partial charge in [-0.25, -0.2) is 0 Å². The zero-order chi connectivity index (χ0) is 11.1. The van der Waals surface area contributed by atoms with E-state index in [0.717, 1.165) is 0 Å². The average Bonchev–Trinajstić information content (AvgIpc) is 2.32. The first-order valence-corrected chi connectivity index (χ1v) is 5.18. The molecule has 1 fully saturated rings. The van der Waals surface area contributed by atoms with Gasteiger partial charge in [0.05, 0.1) is 25.2 Å². The van der Waals surface area contributed by atoms with Crippen molar-refractivity contribution in [1.29, 1.82) is 0 Å². The number of aliphatic hydroxyl groups excluding tert-OH is 1. The number of ketones is 1. The van der Waals surface area contributed by atoms with Crippen LogP contribution in [0.2, 0.25) is 0 Å². The number of hydrogen-bond donors (Lipinski definition) is 1.